The van der Waals surface area contributed by atoms with Gasteiger partial charge in [0.05, 0.1) is 18.2 Å². The predicted molar refractivity (Wildman–Crippen MR) is 77.3 cm³/mol. The van der Waals surface area contributed by atoms with Gasteiger partial charge in [-0.15, -0.1) is 11.6 Å². The molecule has 1 heterocycles. The Kier molecular flexibility index (Phi) is 4.05. The van der Waals surface area contributed by atoms with E-state index in [9.17, 15) is 14.4 Å². The third-order valence-electron chi connectivity index (χ3n) is 3.29. The summed E-state index contributed by atoms with van der Waals surface area (Å²) in [5.41, 5.74) is 0.590. The van der Waals surface area contributed by atoms with Gasteiger partial charge < -0.3 is 4.74 Å². The van der Waals surface area contributed by atoms with Crippen LogP contribution in [0.25, 0.3) is 0 Å². The Labute approximate surface area is 127 Å². The van der Waals surface area contributed by atoms with Gasteiger partial charge in [-0.25, -0.2) is 4.79 Å². The standard InChI is InChI=1S/C15H16ClNO4/c1-15(2,16)8-11(14(20)21-3)17-12(18)9-6-4-5-7-10(9)13(17)19/h4-7,11H,8H2,1-3H3/t11-/m0/s1. The van der Waals surface area contributed by atoms with E-state index >= 15 is 0 Å². The number of carbonyl (C=O) groups is 3. The fourth-order valence-corrected chi connectivity index (χ4v) is 2.51. The maximum Gasteiger partial charge on any atom is 0.329 e. The average molecular weight is 310 g/mol. The van der Waals surface area contributed by atoms with Crippen molar-refractivity contribution in [2.24, 2.45) is 0 Å². The lowest BCUT2D eigenvalue weighted by molar-refractivity contribution is -0.145. The van der Waals surface area contributed by atoms with E-state index in [1.165, 1.54) is 7.11 Å². The zero-order valence-corrected chi connectivity index (χ0v) is 12.8. The maximum absolute atomic E-state index is 12.4. The number of imide groups is 1. The second kappa shape index (κ2) is 5.48. The van der Waals surface area contributed by atoms with Crippen LogP contribution >= 0.6 is 11.6 Å². The number of amides is 2. The average Bonchev–Trinajstić information content (AvgIpc) is 2.67. The van der Waals surface area contributed by atoms with Crippen LogP contribution in [0.2, 0.25) is 0 Å². The third-order valence-corrected chi connectivity index (χ3v) is 3.44. The van der Waals surface area contributed by atoms with Crippen LogP contribution in [-0.2, 0) is 9.53 Å². The number of esters is 1. The second-order valence-corrected chi connectivity index (χ2v) is 6.51. The summed E-state index contributed by atoms with van der Waals surface area (Å²) in [6.45, 7) is 3.42. The number of hydrogen-bond donors (Lipinski definition) is 0. The quantitative estimate of drug-likeness (QED) is 0.486. The molecule has 21 heavy (non-hydrogen) atoms. The Morgan fingerprint density at radius 1 is 1.24 bits per heavy atom. The molecule has 1 aromatic carbocycles. The number of ether oxygens (including phenoxy) is 1. The summed E-state index contributed by atoms with van der Waals surface area (Å²) in [6.07, 6.45) is 0.118. The normalized spacial score (nSPS) is 15.9. The van der Waals surface area contributed by atoms with Crippen molar-refractivity contribution < 1.29 is 19.1 Å². The lowest BCUT2D eigenvalue weighted by atomic mass is 10.0. The van der Waals surface area contributed by atoms with Crippen molar-refractivity contribution in [1.29, 1.82) is 0 Å². The molecule has 2 amide bonds. The van der Waals surface area contributed by atoms with Gasteiger partial charge >= 0.3 is 5.97 Å². The molecule has 0 saturated heterocycles. The third kappa shape index (κ3) is 2.93. The van der Waals surface area contributed by atoms with Gasteiger partial charge in [0, 0.05) is 4.87 Å². The molecule has 1 aliphatic heterocycles. The predicted octanol–water partition coefficient (Wildman–Crippen LogP) is 2.23. The first-order valence-electron chi connectivity index (χ1n) is 6.50. The first kappa shape index (κ1) is 15.5. The van der Waals surface area contributed by atoms with E-state index in [2.05, 4.69) is 0 Å². The number of rotatable bonds is 4. The first-order chi connectivity index (χ1) is 9.76. The minimum atomic E-state index is -1.03. The number of carbonyl (C=O) groups excluding carboxylic acids is 3. The van der Waals surface area contributed by atoms with Crippen molar-refractivity contribution in [2.75, 3.05) is 7.11 Å². The molecule has 1 aliphatic rings. The molecule has 112 valence electrons. The highest BCUT2D eigenvalue weighted by Gasteiger charge is 2.44. The van der Waals surface area contributed by atoms with Gasteiger partial charge in [-0.1, -0.05) is 12.1 Å². The first-order valence-corrected chi connectivity index (χ1v) is 6.87. The molecule has 0 bridgehead atoms. The zero-order chi connectivity index (χ0) is 15.8. The molecule has 0 N–H and O–H groups in total. The van der Waals surface area contributed by atoms with Crippen LogP contribution in [0.5, 0.6) is 0 Å². The number of nitrogens with zero attached hydrogens (tertiary/aromatic N) is 1. The van der Waals surface area contributed by atoms with Gasteiger partial charge in [0.15, 0.2) is 0 Å². The molecular weight excluding hydrogens is 294 g/mol. The minimum Gasteiger partial charge on any atom is -0.467 e. The number of benzene rings is 1. The smallest absolute Gasteiger partial charge is 0.329 e. The molecule has 0 spiro atoms. The van der Waals surface area contributed by atoms with Gasteiger partial charge in [-0.2, -0.15) is 0 Å². The van der Waals surface area contributed by atoms with E-state index in [4.69, 9.17) is 16.3 Å². The lowest BCUT2D eigenvalue weighted by Crippen LogP contribution is -2.47. The molecule has 0 fully saturated rings. The van der Waals surface area contributed by atoms with E-state index in [-0.39, 0.29) is 6.42 Å². The van der Waals surface area contributed by atoms with E-state index in [0.29, 0.717) is 11.1 Å². The number of fused-ring (bicyclic) bond motifs is 1. The van der Waals surface area contributed by atoms with Gasteiger partial charge in [0.1, 0.15) is 6.04 Å². The molecule has 0 saturated carbocycles. The number of hydrogen-bond acceptors (Lipinski definition) is 4. The number of methoxy groups -OCH3 is 1. The Bertz CT molecular complexity index is 571. The van der Waals surface area contributed by atoms with E-state index in [1.54, 1.807) is 38.1 Å². The Balaban J connectivity index is 2.41. The molecule has 2 rings (SSSR count). The van der Waals surface area contributed by atoms with Gasteiger partial charge in [-0.3, -0.25) is 14.5 Å². The van der Waals surface area contributed by atoms with Crippen LogP contribution in [-0.4, -0.2) is 40.7 Å². The van der Waals surface area contributed by atoms with Crippen molar-refractivity contribution >= 4 is 29.4 Å². The largest absolute Gasteiger partial charge is 0.467 e. The number of halogens is 1. The fourth-order valence-electron chi connectivity index (χ4n) is 2.37. The van der Waals surface area contributed by atoms with Crippen molar-refractivity contribution in [3.05, 3.63) is 35.4 Å². The summed E-state index contributed by atoms with van der Waals surface area (Å²) < 4.78 is 4.72. The summed E-state index contributed by atoms with van der Waals surface area (Å²) >= 11 is 6.16. The van der Waals surface area contributed by atoms with Crippen molar-refractivity contribution in [3.8, 4) is 0 Å². The van der Waals surface area contributed by atoms with Crippen LogP contribution in [0.15, 0.2) is 24.3 Å². The van der Waals surface area contributed by atoms with E-state index in [0.717, 1.165) is 4.90 Å². The van der Waals surface area contributed by atoms with E-state index < -0.39 is 28.7 Å². The zero-order valence-electron chi connectivity index (χ0n) is 12.1. The second-order valence-electron chi connectivity index (χ2n) is 5.49. The highest BCUT2D eigenvalue weighted by molar-refractivity contribution is 6.24. The van der Waals surface area contributed by atoms with Crippen LogP contribution in [0.4, 0.5) is 0 Å². The summed E-state index contributed by atoms with van der Waals surface area (Å²) in [5.74, 6) is -1.64. The maximum atomic E-state index is 12.4. The van der Waals surface area contributed by atoms with Crippen LogP contribution in [0.1, 0.15) is 41.0 Å². The topological polar surface area (TPSA) is 63.7 Å². The van der Waals surface area contributed by atoms with Crippen molar-refractivity contribution in [1.82, 2.24) is 4.90 Å². The van der Waals surface area contributed by atoms with E-state index in [1.807, 2.05) is 0 Å². The highest BCUT2D eigenvalue weighted by atomic mass is 35.5. The molecule has 0 unspecified atom stereocenters. The molecule has 0 aliphatic carbocycles. The highest BCUT2D eigenvalue weighted by Crippen LogP contribution is 2.30. The Hall–Kier alpha value is -1.88. The Morgan fingerprint density at radius 3 is 2.10 bits per heavy atom. The molecule has 0 radical (unpaired) electrons. The van der Waals surface area contributed by atoms with Crippen LogP contribution in [0.3, 0.4) is 0 Å². The molecular formula is C15H16ClNO4. The Morgan fingerprint density at radius 2 is 1.71 bits per heavy atom. The van der Waals surface area contributed by atoms with Crippen LogP contribution in [0, 0.1) is 0 Å². The molecule has 1 aromatic rings. The van der Waals surface area contributed by atoms with Gasteiger partial charge in [0.25, 0.3) is 11.8 Å². The fraction of sp³-hybridized carbons (Fsp3) is 0.400. The summed E-state index contributed by atoms with van der Waals surface area (Å²) in [5, 5.41) is 0. The molecule has 0 aromatic heterocycles. The van der Waals surface area contributed by atoms with Gasteiger partial charge in [0.2, 0.25) is 0 Å². The monoisotopic (exact) mass is 309 g/mol. The van der Waals surface area contributed by atoms with Crippen LogP contribution < -0.4 is 0 Å². The molecule has 5 nitrogen and oxygen atoms in total. The van der Waals surface area contributed by atoms with Crippen molar-refractivity contribution in [3.63, 3.8) is 0 Å². The molecule has 6 heteroatoms. The summed E-state index contributed by atoms with van der Waals surface area (Å²) in [6, 6.07) is 5.44. The summed E-state index contributed by atoms with van der Waals surface area (Å²) in [4.78, 5) is 37.0. The SMILES string of the molecule is COC(=O)[C@H](CC(C)(C)Cl)N1C(=O)c2ccccc2C1=O. The van der Waals surface area contributed by atoms with Gasteiger partial charge in [-0.05, 0) is 32.4 Å². The molecule has 1 atom stereocenters. The summed E-state index contributed by atoms with van der Waals surface area (Å²) in [7, 11) is 1.22. The lowest BCUT2D eigenvalue weighted by Gasteiger charge is -2.28. The van der Waals surface area contributed by atoms with Crippen molar-refractivity contribution in [2.45, 2.75) is 31.2 Å². The number of alkyl halides is 1. The minimum absolute atomic E-state index is 0.118.